The molecule has 42 heavy (non-hydrogen) atoms. The van der Waals surface area contributed by atoms with E-state index in [-0.39, 0.29) is 37.1 Å². The molecular weight excluding hydrogens is 697 g/mol. The third-order valence-corrected chi connectivity index (χ3v) is 8.11. The first-order chi connectivity index (χ1) is 19.2. The number of aliphatic hydroxyl groups is 1. The second-order valence-corrected chi connectivity index (χ2v) is 12.9. The molecule has 4 aromatic rings. The fourth-order valence-corrected chi connectivity index (χ4v) is 4.96. The second kappa shape index (κ2) is 14.5. The van der Waals surface area contributed by atoms with Gasteiger partial charge in [0.1, 0.15) is 12.1 Å². The molecule has 1 N–H and O–H groups in total. The first kappa shape index (κ1) is 35.3. The van der Waals surface area contributed by atoms with Crippen molar-refractivity contribution >= 4 is 27.5 Å². The first-order valence-electron chi connectivity index (χ1n) is 14.8. The van der Waals surface area contributed by atoms with E-state index < -0.39 is 5.41 Å². The number of fused-ring (bicyclic) bond motifs is 3. The molecule has 0 amide bonds. The molecule has 5 heteroatoms. The molecule has 0 spiro atoms. The van der Waals surface area contributed by atoms with Crippen molar-refractivity contribution in [1.82, 2.24) is 9.97 Å². The summed E-state index contributed by atoms with van der Waals surface area (Å²) >= 11 is 0. The normalized spacial score (nSPS) is 12.2. The third kappa shape index (κ3) is 8.14. The number of carbonyl (C=O) groups is 1. The molecule has 4 rings (SSSR count). The number of rotatable bonds is 7. The first-order valence-corrected chi connectivity index (χ1v) is 14.8. The van der Waals surface area contributed by atoms with E-state index in [9.17, 15) is 9.90 Å². The molecule has 1 heterocycles. The van der Waals surface area contributed by atoms with Gasteiger partial charge in [0.05, 0.1) is 5.52 Å². The van der Waals surface area contributed by atoms with Crippen molar-refractivity contribution < 1.29 is 30.0 Å². The van der Waals surface area contributed by atoms with Crippen LogP contribution in [0.25, 0.3) is 32.9 Å². The molecule has 4 nitrogen and oxygen atoms in total. The molecule has 0 fully saturated rings. The molecule has 0 bridgehead atoms. The van der Waals surface area contributed by atoms with Crippen LogP contribution < -0.4 is 0 Å². The average molecular weight is 744 g/mol. The summed E-state index contributed by atoms with van der Waals surface area (Å²) in [5.74, 6) is 0.846. The predicted octanol–water partition coefficient (Wildman–Crippen LogP) is 9.93. The summed E-state index contributed by atoms with van der Waals surface area (Å²) in [7, 11) is 0. The van der Waals surface area contributed by atoms with Crippen molar-refractivity contribution in [3.05, 3.63) is 83.4 Å². The monoisotopic (exact) mass is 744 g/mol. The molecule has 1 aromatic heterocycles. The number of aromatic nitrogens is 2. The van der Waals surface area contributed by atoms with E-state index in [0.29, 0.717) is 5.92 Å². The van der Waals surface area contributed by atoms with Gasteiger partial charge in [-0.05, 0) is 59.7 Å². The minimum atomic E-state index is -0.420. The van der Waals surface area contributed by atoms with Gasteiger partial charge in [0.25, 0.3) is 0 Å². The van der Waals surface area contributed by atoms with Gasteiger partial charge in [0.15, 0.2) is 5.78 Å². The Balaban J connectivity index is 0.000000334. The number of carbonyl (C=O) groups excluding carboxylic acids is 1. The zero-order chi connectivity index (χ0) is 30.5. The predicted molar refractivity (Wildman–Crippen MR) is 173 cm³/mol. The number of hydrogen-bond donors (Lipinski definition) is 1. The number of hydrogen-bond acceptors (Lipinski definition) is 4. The maximum atomic E-state index is 11.7. The van der Waals surface area contributed by atoms with Crippen LogP contribution in [0.1, 0.15) is 84.9 Å². The molecule has 3 aromatic carbocycles. The Bertz CT molecular complexity index is 1560. The summed E-state index contributed by atoms with van der Waals surface area (Å²) < 4.78 is 0. The van der Waals surface area contributed by atoms with Gasteiger partial charge in [-0.3, -0.25) is 9.78 Å². The molecule has 0 aliphatic rings. The summed E-state index contributed by atoms with van der Waals surface area (Å²) in [5, 5.41) is 13.5. The van der Waals surface area contributed by atoms with Crippen LogP contribution in [0.4, 0.5) is 0 Å². The van der Waals surface area contributed by atoms with Crippen molar-refractivity contribution in [3.8, 4) is 11.3 Å². The third-order valence-electron chi connectivity index (χ3n) is 8.11. The molecule has 0 aliphatic heterocycles. The fourth-order valence-electron chi connectivity index (χ4n) is 4.96. The summed E-state index contributed by atoms with van der Waals surface area (Å²) in [6.45, 7) is 20.4. The van der Waals surface area contributed by atoms with Crippen molar-refractivity contribution in [3.63, 3.8) is 0 Å². The Labute approximate surface area is 266 Å². The van der Waals surface area contributed by atoms with Gasteiger partial charge in [0, 0.05) is 42.4 Å². The van der Waals surface area contributed by atoms with Gasteiger partial charge in [-0.2, -0.15) is 0 Å². The number of aliphatic hydroxyl groups excluding tert-OH is 1. The molecule has 0 saturated carbocycles. The van der Waals surface area contributed by atoms with Crippen LogP contribution in [0.5, 0.6) is 0 Å². The van der Waals surface area contributed by atoms with Crippen molar-refractivity contribution in [2.75, 3.05) is 0 Å². The largest absolute Gasteiger partial charge is 0.512 e. The summed E-state index contributed by atoms with van der Waals surface area (Å²) in [6, 6.07) is 18.4. The van der Waals surface area contributed by atoms with E-state index in [1.165, 1.54) is 33.5 Å². The van der Waals surface area contributed by atoms with E-state index in [0.717, 1.165) is 41.4 Å². The van der Waals surface area contributed by atoms with E-state index in [2.05, 4.69) is 74.1 Å². The SMILES string of the molecule is CCC(C)(CC)/C(O)=C/C(=O)C(C)(C)C.Cc1ccc[c-]c1-c1ncnc2c1ccc1cc(CC(C)C)cc(C)c12.[Ir]. The molecule has 0 unspecified atom stereocenters. The van der Waals surface area contributed by atoms with E-state index >= 15 is 0 Å². The molecule has 0 atom stereocenters. The van der Waals surface area contributed by atoms with Crippen molar-refractivity contribution in [1.29, 1.82) is 0 Å². The van der Waals surface area contributed by atoms with Crippen LogP contribution in [0, 0.1) is 36.7 Å². The Morgan fingerprint density at radius 3 is 2.24 bits per heavy atom. The van der Waals surface area contributed by atoms with Gasteiger partial charge in [-0.25, -0.2) is 4.98 Å². The van der Waals surface area contributed by atoms with Gasteiger partial charge in [0.2, 0.25) is 0 Å². The van der Waals surface area contributed by atoms with Crippen LogP contribution in [0.2, 0.25) is 0 Å². The summed E-state index contributed by atoms with van der Waals surface area (Å²) in [4.78, 5) is 21.0. The molecular formula is C37H47IrN2O2-. The Morgan fingerprint density at radius 2 is 1.67 bits per heavy atom. The average Bonchev–Trinajstić information content (AvgIpc) is 2.91. The fraction of sp³-hybridized carbons (Fsp3) is 0.432. The summed E-state index contributed by atoms with van der Waals surface area (Å²) in [5.41, 5.74) is 6.20. The quantitative estimate of drug-likeness (QED) is 0.0887. The Morgan fingerprint density at radius 1 is 1.00 bits per heavy atom. The minimum Gasteiger partial charge on any atom is -0.512 e. The second-order valence-electron chi connectivity index (χ2n) is 12.9. The van der Waals surface area contributed by atoms with E-state index in [1.54, 1.807) is 6.33 Å². The smallest absolute Gasteiger partial charge is 0.164 e. The number of ketones is 1. The van der Waals surface area contributed by atoms with Crippen LogP contribution in [-0.2, 0) is 31.3 Å². The molecule has 0 saturated heterocycles. The van der Waals surface area contributed by atoms with Gasteiger partial charge >= 0.3 is 0 Å². The summed E-state index contributed by atoms with van der Waals surface area (Å²) in [6.07, 6.45) is 5.85. The number of allylic oxidation sites excluding steroid dienone is 2. The number of nitrogens with zero attached hydrogens (tertiary/aromatic N) is 2. The van der Waals surface area contributed by atoms with Crippen molar-refractivity contribution in [2.24, 2.45) is 16.7 Å². The van der Waals surface area contributed by atoms with Gasteiger partial charge in [-0.1, -0.05) is 86.6 Å². The van der Waals surface area contributed by atoms with Crippen LogP contribution in [0.3, 0.4) is 0 Å². The van der Waals surface area contributed by atoms with Gasteiger partial charge in [-0.15, -0.1) is 35.4 Å². The minimum absolute atomic E-state index is 0. The maximum absolute atomic E-state index is 11.7. The molecule has 0 aliphatic carbocycles. The molecule has 227 valence electrons. The zero-order valence-electron chi connectivity index (χ0n) is 27.0. The van der Waals surface area contributed by atoms with Crippen molar-refractivity contribution in [2.45, 2.75) is 88.5 Å². The zero-order valence-corrected chi connectivity index (χ0v) is 29.4. The van der Waals surface area contributed by atoms with Crippen LogP contribution >= 0.6 is 0 Å². The number of aryl methyl sites for hydroxylation is 2. The van der Waals surface area contributed by atoms with Gasteiger partial charge < -0.3 is 5.11 Å². The standard InChI is InChI=1S/C24H23N2.C13H24O2.Ir/c1-15(2)11-18-12-17(4)22-19(13-18)9-10-21-23(25-14-26-24(21)22)20-8-6-5-7-16(20)3;1-7-13(6,8-2)11(15)9-10(14)12(3,4)5;/h5-7,9-10,12-15H,11H2,1-4H3;9,15H,7-8H2,1-6H3;/q-1;;/b;11-9-;. The number of benzene rings is 3. The maximum Gasteiger partial charge on any atom is 0.164 e. The Hall–Kier alpha value is -2.88. The Kier molecular flexibility index (Phi) is 12.2. The van der Waals surface area contributed by atoms with Crippen LogP contribution in [0.15, 0.2) is 60.6 Å². The molecule has 1 radical (unpaired) electrons. The van der Waals surface area contributed by atoms with E-state index in [4.69, 9.17) is 0 Å². The topological polar surface area (TPSA) is 63.1 Å². The van der Waals surface area contributed by atoms with Crippen LogP contribution in [-0.4, -0.2) is 20.9 Å². The van der Waals surface area contributed by atoms with E-state index in [1.807, 2.05) is 53.7 Å².